The van der Waals surface area contributed by atoms with Gasteiger partial charge in [-0.15, -0.1) is 0 Å². The van der Waals surface area contributed by atoms with Crippen LogP contribution < -0.4 is 10.6 Å². The number of nitrogens with one attached hydrogen (secondary N) is 2. The van der Waals surface area contributed by atoms with Gasteiger partial charge in [0.15, 0.2) is 5.76 Å². The Labute approximate surface area is 139 Å². The van der Waals surface area contributed by atoms with Gasteiger partial charge in [0.25, 0.3) is 5.91 Å². The van der Waals surface area contributed by atoms with Crippen LogP contribution in [0.5, 0.6) is 0 Å². The van der Waals surface area contributed by atoms with E-state index in [1.165, 1.54) is 12.6 Å². The van der Waals surface area contributed by atoms with E-state index in [1.807, 2.05) is 24.5 Å². The predicted octanol–water partition coefficient (Wildman–Crippen LogP) is 1.71. The maximum atomic E-state index is 11.7. The van der Waals surface area contributed by atoms with Gasteiger partial charge in [-0.25, -0.2) is 15.0 Å². The fourth-order valence-corrected chi connectivity index (χ4v) is 2.17. The Bertz CT molecular complexity index is 825. The van der Waals surface area contributed by atoms with E-state index < -0.39 is 0 Å². The molecule has 0 atom stereocenters. The summed E-state index contributed by atoms with van der Waals surface area (Å²) in [5, 5.41) is 5.91. The molecule has 8 nitrogen and oxygen atoms in total. The van der Waals surface area contributed by atoms with Crippen molar-refractivity contribution in [2.24, 2.45) is 0 Å². The highest BCUT2D eigenvalue weighted by molar-refractivity contribution is 5.91. The van der Waals surface area contributed by atoms with Crippen molar-refractivity contribution in [3.63, 3.8) is 0 Å². The summed E-state index contributed by atoms with van der Waals surface area (Å²) < 4.78 is 6.93. The van der Waals surface area contributed by atoms with E-state index in [2.05, 4.69) is 25.6 Å². The molecule has 24 heavy (non-hydrogen) atoms. The SMILES string of the molecule is Cc1ncn(-c2cc(NCCNC(=O)c3ccco3)ncn2)c1C. The van der Waals surface area contributed by atoms with Gasteiger partial charge in [-0.2, -0.15) is 0 Å². The lowest BCUT2D eigenvalue weighted by molar-refractivity contribution is 0.0927. The third-order valence-electron chi connectivity index (χ3n) is 3.61. The molecule has 8 heteroatoms. The first-order chi connectivity index (χ1) is 11.6. The molecule has 1 amide bonds. The molecule has 3 aromatic rings. The van der Waals surface area contributed by atoms with E-state index in [-0.39, 0.29) is 5.91 Å². The largest absolute Gasteiger partial charge is 0.459 e. The monoisotopic (exact) mass is 326 g/mol. The van der Waals surface area contributed by atoms with E-state index in [9.17, 15) is 4.79 Å². The molecule has 0 aliphatic heterocycles. The number of carbonyl (C=O) groups excluding carboxylic acids is 1. The average Bonchev–Trinajstić information content (AvgIpc) is 3.23. The lowest BCUT2D eigenvalue weighted by atomic mass is 10.4. The van der Waals surface area contributed by atoms with Crippen LogP contribution in [-0.2, 0) is 0 Å². The zero-order valence-corrected chi connectivity index (χ0v) is 13.5. The Kier molecular flexibility index (Phi) is 4.55. The van der Waals surface area contributed by atoms with E-state index in [0.29, 0.717) is 24.7 Å². The fraction of sp³-hybridized carbons (Fsp3) is 0.250. The zero-order valence-electron chi connectivity index (χ0n) is 13.5. The van der Waals surface area contributed by atoms with Crippen LogP contribution in [-0.4, -0.2) is 38.5 Å². The van der Waals surface area contributed by atoms with Crippen LogP contribution in [0.15, 0.2) is 41.5 Å². The fourth-order valence-electron chi connectivity index (χ4n) is 2.17. The molecule has 0 saturated carbocycles. The molecule has 0 saturated heterocycles. The summed E-state index contributed by atoms with van der Waals surface area (Å²) >= 11 is 0. The number of hydrogen-bond acceptors (Lipinski definition) is 6. The third-order valence-corrected chi connectivity index (χ3v) is 3.61. The number of anilines is 1. The predicted molar refractivity (Wildman–Crippen MR) is 88.2 cm³/mol. The number of rotatable bonds is 6. The number of nitrogens with zero attached hydrogens (tertiary/aromatic N) is 4. The average molecular weight is 326 g/mol. The first kappa shape index (κ1) is 15.7. The Morgan fingerprint density at radius 3 is 2.83 bits per heavy atom. The van der Waals surface area contributed by atoms with E-state index in [1.54, 1.807) is 18.5 Å². The number of imidazole rings is 1. The molecular formula is C16H18N6O2. The van der Waals surface area contributed by atoms with E-state index in [4.69, 9.17) is 4.42 Å². The minimum absolute atomic E-state index is 0.241. The number of carbonyl (C=O) groups is 1. The molecule has 3 rings (SSSR count). The van der Waals surface area contributed by atoms with Gasteiger partial charge >= 0.3 is 0 Å². The summed E-state index contributed by atoms with van der Waals surface area (Å²) in [6.07, 6.45) is 4.70. The van der Waals surface area contributed by atoms with Crippen molar-refractivity contribution in [3.05, 3.63) is 54.3 Å². The second-order valence-corrected chi connectivity index (χ2v) is 5.21. The van der Waals surface area contributed by atoms with Crippen molar-refractivity contribution in [1.82, 2.24) is 24.8 Å². The minimum Gasteiger partial charge on any atom is -0.459 e. The van der Waals surface area contributed by atoms with Gasteiger partial charge in [-0.3, -0.25) is 9.36 Å². The van der Waals surface area contributed by atoms with E-state index >= 15 is 0 Å². The molecule has 0 fully saturated rings. The smallest absolute Gasteiger partial charge is 0.287 e. The van der Waals surface area contributed by atoms with Crippen LogP contribution in [0.2, 0.25) is 0 Å². The van der Waals surface area contributed by atoms with Crippen molar-refractivity contribution in [2.75, 3.05) is 18.4 Å². The highest BCUT2D eigenvalue weighted by atomic mass is 16.3. The normalized spacial score (nSPS) is 10.6. The molecule has 0 radical (unpaired) electrons. The second-order valence-electron chi connectivity index (χ2n) is 5.21. The van der Waals surface area contributed by atoms with Crippen LogP contribution >= 0.6 is 0 Å². The zero-order chi connectivity index (χ0) is 16.9. The first-order valence-corrected chi connectivity index (χ1v) is 7.53. The summed E-state index contributed by atoms with van der Waals surface area (Å²) in [6.45, 7) is 4.92. The Morgan fingerprint density at radius 2 is 2.12 bits per heavy atom. The molecule has 0 spiro atoms. The molecule has 0 unspecified atom stereocenters. The number of amides is 1. The molecule has 3 heterocycles. The van der Waals surface area contributed by atoms with Crippen molar-refractivity contribution >= 4 is 11.7 Å². The summed E-state index contributed by atoms with van der Waals surface area (Å²) in [5.74, 6) is 1.48. The van der Waals surface area contributed by atoms with Crippen LogP contribution in [0.3, 0.4) is 0 Å². The number of furan rings is 1. The van der Waals surface area contributed by atoms with Crippen molar-refractivity contribution in [2.45, 2.75) is 13.8 Å². The number of aryl methyl sites for hydroxylation is 1. The molecule has 3 aromatic heterocycles. The van der Waals surface area contributed by atoms with Crippen LogP contribution in [0.25, 0.3) is 5.82 Å². The van der Waals surface area contributed by atoms with Crippen LogP contribution in [0.4, 0.5) is 5.82 Å². The van der Waals surface area contributed by atoms with Gasteiger partial charge in [0.2, 0.25) is 0 Å². The molecule has 0 aliphatic carbocycles. The van der Waals surface area contributed by atoms with Crippen LogP contribution in [0, 0.1) is 13.8 Å². The van der Waals surface area contributed by atoms with Crippen molar-refractivity contribution in [1.29, 1.82) is 0 Å². The lowest BCUT2D eigenvalue weighted by Crippen LogP contribution is -2.28. The van der Waals surface area contributed by atoms with Crippen LogP contribution in [0.1, 0.15) is 21.9 Å². The van der Waals surface area contributed by atoms with Gasteiger partial charge < -0.3 is 15.1 Å². The minimum atomic E-state index is -0.241. The molecular weight excluding hydrogens is 308 g/mol. The van der Waals surface area contributed by atoms with Gasteiger partial charge in [-0.05, 0) is 26.0 Å². The summed E-state index contributed by atoms with van der Waals surface area (Å²) in [6, 6.07) is 5.13. The number of aromatic nitrogens is 4. The molecule has 2 N–H and O–H groups in total. The molecule has 0 bridgehead atoms. The van der Waals surface area contributed by atoms with Gasteiger partial charge in [0.1, 0.15) is 24.3 Å². The summed E-state index contributed by atoms with van der Waals surface area (Å²) in [5.41, 5.74) is 1.99. The molecule has 124 valence electrons. The highest BCUT2D eigenvalue weighted by Crippen LogP contribution is 2.13. The number of hydrogen-bond donors (Lipinski definition) is 2. The third kappa shape index (κ3) is 3.43. The summed E-state index contributed by atoms with van der Waals surface area (Å²) in [7, 11) is 0. The molecule has 0 aromatic carbocycles. The standard InChI is InChI=1S/C16H18N6O2/c1-11-12(2)22(10-21-11)15-8-14(19-9-20-15)17-5-6-18-16(23)13-4-3-7-24-13/h3-4,7-10H,5-6H2,1-2H3,(H,18,23)(H,17,19,20). The van der Waals surface area contributed by atoms with Gasteiger partial charge in [-0.1, -0.05) is 0 Å². The maximum absolute atomic E-state index is 11.7. The van der Waals surface area contributed by atoms with E-state index in [0.717, 1.165) is 17.2 Å². The Hall–Kier alpha value is -3.16. The first-order valence-electron chi connectivity index (χ1n) is 7.53. The van der Waals surface area contributed by atoms with Crippen molar-refractivity contribution < 1.29 is 9.21 Å². The topological polar surface area (TPSA) is 97.9 Å². The second kappa shape index (κ2) is 6.95. The molecule has 0 aliphatic rings. The quantitative estimate of drug-likeness (QED) is 0.669. The summed E-state index contributed by atoms with van der Waals surface area (Å²) in [4.78, 5) is 24.4. The highest BCUT2D eigenvalue weighted by Gasteiger charge is 2.08. The Morgan fingerprint density at radius 1 is 1.25 bits per heavy atom. The van der Waals surface area contributed by atoms with Gasteiger partial charge in [0.05, 0.1) is 12.0 Å². The van der Waals surface area contributed by atoms with Crippen molar-refractivity contribution in [3.8, 4) is 5.82 Å². The van der Waals surface area contributed by atoms with Gasteiger partial charge in [0, 0.05) is 24.8 Å². The Balaban J connectivity index is 1.55. The maximum Gasteiger partial charge on any atom is 0.287 e. The lowest BCUT2D eigenvalue weighted by Gasteiger charge is -2.09.